The standard InChI is InChI=1S/C18H18O3S/c1-20-15-8-5-9-16(12-15)22-13-18(11-10-17(19)21-18)14-6-3-2-4-7-14/h2-9,12H,10-11,13H2,1H3/t18-/m0/s1. The van der Waals surface area contributed by atoms with Gasteiger partial charge in [-0.3, -0.25) is 4.79 Å². The second-order valence-electron chi connectivity index (χ2n) is 5.30. The summed E-state index contributed by atoms with van der Waals surface area (Å²) in [5, 5.41) is 0. The van der Waals surface area contributed by atoms with Crippen LogP contribution in [0, 0.1) is 0 Å². The van der Waals surface area contributed by atoms with E-state index < -0.39 is 5.60 Å². The van der Waals surface area contributed by atoms with Crippen molar-refractivity contribution in [2.24, 2.45) is 0 Å². The minimum Gasteiger partial charge on any atom is -0.497 e. The molecule has 1 aliphatic heterocycles. The van der Waals surface area contributed by atoms with Crippen LogP contribution in [0.2, 0.25) is 0 Å². The molecule has 2 aromatic rings. The maximum Gasteiger partial charge on any atom is 0.306 e. The van der Waals surface area contributed by atoms with Crippen LogP contribution in [0.5, 0.6) is 5.75 Å². The van der Waals surface area contributed by atoms with E-state index in [1.165, 1.54) is 0 Å². The molecule has 0 spiro atoms. The predicted octanol–water partition coefficient (Wildman–Crippen LogP) is 4.02. The first kappa shape index (κ1) is 15.0. The summed E-state index contributed by atoms with van der Waals surface area (Å²) in [6.07, 6.45) is 1.21. The van der Waals surface area contributed by atoms with Gasteiger partial charge in [0.05, 0.1) is 7.11 Å². The number of ether oxygens (including phenoxy) is 2. The van der Waals surface area contributed by atoms with Crippen LogP contribution in [0.25, 0.3) is 0 Å². The topological polar surface area (TPSA) is 35.5 Å². The van der Waals surface area contributed by atoms with Gasteiger partial charge in [0.1, 0.15) is 11.4 Å². The summed E-state index contributed by atoms with van der Waals surface area (Å²) in [4.78, 5) is 12.8. The maximum atomic E-state index is 11.7. The van der Waals surface area contributed by atoms with Crippen LogP contribution in [0.15, 0.2) is 59.5 Å². The Balaban J connectivity index is 1.81. The number of cyclic esters (lactones) is 1. The van der Waals surface area contributed by atoms with E-state index in [2.05, 4.69) is 0 Å². The summed E-state index contributed by atoms with van der Waals surface area (Å²) >= 11 is 1.69. The number of thioether (sulfide) groups is 1. The number of hydrogen-bond donors (Lipinski definition) is 0. The van der Waals surface area contributed by atoms with Gasteiger partial charge in [0.15, 0.2) is 0 Å². The van der Waals surface area contributed by atoms with Crippen LogP contribution in [0.4, 0.5) is 0 Å². The van der Waals surface area contributed by atoms with E-state index in [-0.39, 0.29) is 5.97 Å². The molecule has 1 heterocycles. The van der Waals surface area contributed by atoms with Crippen molar-refractivity contribution in [3.8, 4) is 5.75 Å². The molecule has 2 aromatic carbocycles. The van der Waals surface area contributed by atoms with Gasteiger partial charge in [0, 0.05) is 23.5 Å². The van der Waals surface area contributed by atoms with E-state index in [1.54, 1.807) is 18.9 Å². The molecule has 4 heteroatoms. The fourth-order valence-electron chi connectivity index (χ4n) is 2.64. The van der Waals surface area contributed by atoms with E-state index >= 15 is 0 Å². The van der Waals surface area contributed by atoms with Crippen molar-refractivity contribution in [1.82, 2.24) is 0 Å². The van der Waals surface area contributed by atoms with Gasteiger partial charge in [-0.2, -0.15) is 0 Å². The Morgan fingerprint density at radius 3 is 2.68 bits per heavy atom. The quantitative estimate of drug-likeness (QED) is 0.617. The Kier molecular flexibility index (Phi) is 4.39. The molecule has 0 aromatic heterocycles. The minimum absolute atomic E-state index is 0.116. The van der Waals surface area contributed by atoms with Crippen LogP contribution in [0.1, 0.15) is 18.4 Å². The van der Waals surface area contributed by atoms with Gasteiger partial charge in [-0.05, 0) is 23.8 Å². The lowest BCUT2D eigenvalue weighted by atomic mass is 9.93. The van der Waals surface area contributed by atoms with Gasteiger partial charge in [-0.25, -0.2) is 0 Å². The van der Waals surface area contributed by atoms with Crippen molar-refractivity contribution in [2.45, 2.75) is 23.3 Å². The minimum atomic E-state index is -0.522. The second-order valence-corrected chi connectivity index (χ2v) is 6.35. The summed E-state index contributed by atoms with van der Waals surface area (Å²) in [5.74, 6) is 1.42. The SMILES string of the molecule is COc1cccc(SC[C@]2(c3ccccc3)CCC(=O)O2)c1. The highest BCUT2D eigenvalue weighted by Crippen LogP contribution is 2.41. The van der Waals surface area contributed by atoms with Gasteiger partial charge in [0.2, 0.25) is 0 Å². The summed E-state index contributed by atoms with van der Waals surface area (Å²) in [6, 6.07) is 17.9. The van der Waals surface area contributed by atoms with Crippen molar-refractivity contribution < 1.29 is 14.3 Å². The molecule has 0 bridgehead atoms. The van der Waals surface area contributed by atoms with Crippen LogP contribution >= 0.6 is 11.8 Å². The molecule has 3 nitrogen and oxygen atoms in total. The summed E-state index contributed by atoms with van der Waals surface area (Å²) in [5.41, 5.74) is 0.544. The number of hydrogen-bond acceptors (Lipinski definition) is 4. The summed E-state index contributed by atoms with van der Waals surface area (Å²) in [7, 11) is 1.66. The molecule has 0 saturated carbocycles. The van der Waals surface area contributed by atoms with Crippen LogP contribution in [0.3, 0.4) is 0 Å². The van der Waals surface area contributed by atoms with Gasteiger partial charge >= 0.3 is 5.97 Å². The van der Waals surface area contributed by atoms with Crippen molar-refractivity contribution in [2.75, 3.05) is 12.9 Å². The van der Waals surface area contributed by atoms with Crippen LogP contribution in [-0.2, 0) is 15.1 Å². The van der Waals surface area contributed by atoms with E-state index in [1.807, 2.05) is 54.6 Å². The number of methoxy groups -OCH3 is 1. The van der Waals surface area contributed by atoms with Crippen LogP contribution in [-0.4, -0.2) is 18.8 Å². The average molecular weight is 314 g/mol. The van der Waals surface area contributed by atoms with E-state index in [0.29, 0.717) is 12.2 Å². The second kappa shape index (κ2) is 6.44. The number of benzene rings is 2. The molecule has 0 amide bonds. The summed E-state index contributed by atoms with van der Waals surface area (Å²) < 4.78 is 11.0. The van der Waals surface area contributed by atoms with Crippen molar-refractivity contribution in [1.29, 1.82) is 0 Å². The monoisotopic (exact) mass is 314 g/mol. The molecule has 3 rings (SSSR count). The third-order valence-electron chi connectivity index (χ3n) is 3.86. The third-order valence-corrected chi connectivity index (χ3v) is 5.05. The predicted molar refractivity (Wildman–Crippen MR) is 87.2 cm³/mol. The molecule has 1 saturated heterocycles. The first-order valence-corrected chi connectivity index (χ1v) is 8.25. The Morgan fingerprint density at radius 2 is 2.00 bits per heavy atom. The maximum absolute atomic E-state index is 11.7. The Bertz CT molecular complexity index is 656. The largest absolute Gasteiger partial charge is 0.497 e. The van der Waals surface area contributed by atoms with E-state index in [0.717, 1.165) is 22.6 Å². The third kappa shape index (κ3) is 3.12. The molecule has 114 valence electrons. The Hall–Kier alpha value is -1.94. The molecule has 0 radical (unpaired) electrons. The molecule has 1 fully saturated rings. The molecule has 0 N–H and O–H groups in total. The normalized spacial score (nSPS) is 20.7. The van der Waals surface area contributed by atoms with Gasteiger partial charge in [0.25, 0.3) is 0 Å². The number of carbonyl (C=O) groups is 1. The fourth-order valence-corrected chi connectivity index (χ4v) is 3.79. The summed E-state index contributed by atoms with van der Waals surface area (Å²) in [6.45, 7) is 0. The van der Waals surface area contributed by atoms with Crippen molar-refractivity contribution >= 4 is 17.7 Å². The van der Waals surface area contributed by atoms with Gasteiger partial charge in [-0.1, -0.05) is 36.4 Å². The molecule has 1 aliphatic rings. The molecule has 0 aliphatic carbocycles. The molecule has 1 atom stereocenters. The van der Waals surface area contributed by atoms with Crippen molar-refractivity contribution in [3.05, 3.63) is 60.2 Å². The lowest BCUT2D eigenvalue weighted by Gasteiger charge is -2.28. The zero-order valence-electron chi connectivity index (χ0n) is 12.5. The molecular formula is C18H18O3S. The smallest absolute Gasteiger partial charge is 0.306 e. The first-order valence-electron chi connectivity index (χ1n) is 7.26. The van der Waals surface area contributed by atoms with E-state index in [4.69, 9.17) is 9.47 Å². The molecule has 22 heavy (non-hydrogen) atoms. The lowest BCUT2D eigenvalue weighted by Crippen LogP contribution is -2.28. The zero-order valence-corrected chi connectivity index (χ0v) is 13.3. The fraction of sp³-hybridized carbons (Fsp3) is 0.278. The highest BCUT2D eigenvalue weighted by Gasteiger charge is 2.41. The van der Waals surface area contributed by atoms with Crippen LogP contribution < -0.4 is 4.74 Å². The first-order chi connectivity index (χ1) is 10.7. The number of carbonyl (C=O) groups excluding carboxylic acids is 1. The Labute approximate surface area is 134 Å². The number of rotatable bonds is 5. The highest BCUT2D eigenvalue weighted by atomic mass is 32.2. The highest BCUT2D eigenvalue weighted by molar-refractivity contribution is 7.99. The Morgan fingerprint density at radius 1 is 1.18 bits per heavy atom. The molecular weight excluding hydrogens is 296 g/mol. The lowest BCUT2D eigenvalue weighted by molar-refractivity contribution is -0.147. The zero-order chi connectivity index (χ0) is 15.4. The number of esters is 1. The van der Waals surface area contributed by atoms with E-state index in [9.17, 15) is 4.79 Å². The van der Waals surface area contributed by atoms with Crippen molar-refractivity contribution in [3.63, 3.8) is 0 Å². The molecule has 0 unspecified atom stereocenters. The van der Waals surface area contributed by atoms with Gasteiger partial charge in [-0.15, -0.1) is 11.8 Å². The average Bonchev–Trinajstić information content (AvgIpc) is 2.96. The van der Waals surface area contributed by atoms with Gasteiger partial charge < -0.3 is 9.47 Å².